The average molecular weight is 389 g/mol. The quantitative estimate of drug-likeness (QED) is 0.331. The molecule has 0 saturated carbocycles. The number of carbonyl (C=O) groups is 1. The van der Waals surface area contributed by atoms with Crippen LogP contribution in [0, 0.1) is 0 Å². The molecule has 3 heterocycles. The number of aromatic nitrogens is 2. The highest BCUT2D eigenvalue weighted by atomic mass is 35.5. The number of ether oxygens (including phenoxy) is 1. The molecule has 8 nitrogen and oxygen atoms in total. The minimum atomic E-state index is -0.805. The molecule has 0 spiro atoms. The summed E-state index contributed by atoms with van der Waals surface area (Å²) in [6.07, 6.45) is 5.12. The van der Waals surface area contributed by atoms with Crippen LogP contribution in [0.4, 0.5) is 0 Å². The van der Waals surface area contributed by atoms with Crippen LogP contribution in [0.5, 0.6) is 5.88 Å². The first kappa shape index (κ1) is 19.2. The van der Waals surface area contributed by atoms with Gasteiger partial charge in [-0.05, 0) is 35.4 Å². The fourth-order valence-electron chi connectivity index (χ4n) is 3.45. The maximum Gasteiger partial charge on any atom is 0.222 e. The third kappa shape index (κ3) is 3.91. The van der Waals surface area contributed by atoms with Gasteiger partial charge in [0.2, 0.25) is 11.8 Å². The Balaban J connectivity index is 1.96. The topological polar surface area (TPSA) is 104 Å². The predicted molar refractivity (Wildman–Crippen MR) is 103 cm³/mol. The second-order valence-electron chi connectivity index (χ2n) is 7.10. The number of fused-ring (bicyclic) bond motifs is 1. The number of likely N-dealkylation sites (tertiary alicyclic amines) is 1. The molecule has 27 heavy (non-hydrogen) atoms. The van der Waals surface area contributed by atoms with Gasteiger partial charge in [-0.25, -0.2) is 9.97 Å². The van der Waals surface area contributed by atoms with E-state index in [-0.39, 0.29) is 11.9 Å². The maximum absolute atomic E-state index is 11.7. The fraction of sp³-hybridized carbons (Fsp3) is 0.500. The van der Waals surface area contributed by atoms with Crippen molar-refractivity contribution in [2.75, 3.05) is 13.2 Å². The summed E-state index contributed by atoms with van der Waals surface area (Å²) in [5.74, 6) is 0.476. The van der Waals surface area contributed by atoms with E-state index in [1.54, 1.807) is 39.2 Å². The smallest absolute Gasteiger partial charge is 0.222 e. The lowest BCUT2D eigenvalue weighted by Gasteiger charge is -2.24. The van der Waals surface area contributed by atoms with Gasteiger partial charge in [0.25, 0.3) is 0 Å². The molecule has 0 N–H and O–H groups in total. The van der Waals surface area contributed by atoms with Gasteiger partial charge in [-0.15, -0.1) is 0 Å². The van der Waals surface area contributed by atoms with E-state index in [0.29, 0.717) is 23.0 Å². The van der Waals surface area contributed by atoms with E-state index in [9.17, 15) is 4.79 Å². The number of rotatable bonds is 5. The molecule has 142 valence electrons. The van der Waals surface area contributed by atoms with Crippen molar-refractivity contribution in [1.29, 1.82) is 0 Å². The highest BCUT2D eigenvalue weighted by Crippen LogP contribution is 2.35. The minimum Gasteiger partial charge on any atom is -0.475 e. The standard InChI is InChI=1S/C18H21ClN6O2/c1-11(26)25-6-4-5-12(25)10-27-17-14-8-21-16(19)7-13(14)15(9-22-17)18(2,3)23-24-20/h7-9,12H,4-6,10H2,1-3H3/t12-/m1/s1. The van der Waals surface area contributed by atoms with Crippen molar-refractivity contribution in [3.8, 4) is 5.88 Å². The van der Waals surface area contributed by atoms with Crippen LogP contribution >= 0.6 is 11.6 Å². The lowest BCUT2D eigenvalue weighted by Crippen LogP contribution is -2.37. The number of carbonyl (C=O) groups excluding carboxylic acids is 1. The van der Waals surface area contributed by atoms with Crippen molar-refractivity contribution in [2.24, 2.45) is 5.11 Å². The minimum absolute atomic E-state index is 0.0407. The van der Waals surface area contributed by atoms with E-state index in [4.69, 9.17) is 21.9 Å². The van der Waals surface area contributed by atoms with Gasteiger partial charge in [0, 0.05) is 30.8 Å². The molecular weight excluding hydrogens is 368 g/mol. The lowest BCUT2D eigenvalue weighted by molar-refractivity contribution is -0.130. The van der Waals surface area contributed by atoms with Crippen LogP contribution in [0.2, 0.25) is 5.15 Å². The van der Waals surface area contributed by atoms with Crippen LogP contribution < -0.4 is 4.74 Å². The van der Waals surface area contributed by atoms with Crippen molar-refractivity contribution in [2.45, 2.75) is 45.2 Å². The molecule has 0 aliphatic carbocycles. The molecule has 2 aromatic rings. The van der Waals surface area contributed by atoms with Crippen molar-refractivity contribution < 1.29 is 9.53 Å². The molecule has 1 fully saturated rings. The summed E-state index contributed by atoms with van der Waals surface area (Å²) in [6.45, 7) is 6.31. The summed E-state index contributed by atoms with van der Waals surface area (Å²) in [5, 5.41) is 5.65. The molecule has 0 unspecified atom stereocenters. The molecule has 2 aromatic heterocycles. The second-order valence-corrected chi connectivity index (χ2v) is 7.48. The molecule has 1 saturated heterocycles. The number of pyridine rings is 2. The van der Waals surface area contributed by atoms with Crippen LogP contribution in [0.15, 0.2) is 23.6 Å². The van der Waals surface area contributed by atoms with Gasteiger partial charge in [0.15, 0.2) is 0 Å². The highest BCUT2D eigenvalue weighted by Gasteiger charge is 2.28. The zero-order valence-corrected chi connectivity index (χ0v) is 16.3. The van der Waals surface area contributed by atoms with Gasteiger partial charge in [-0.3, -0.25) is 4.79 Å². The summed E-state index contributed by atoms with van der Waals surface area (Å²) in [7, 11) is 0. The molecule has 9 heteroatoms. The van der Waals surface area contributed by atoms with Gasteiger partial charge < -0.3 is 9.64 Å². The van der Waals surface area contributed by atoms with E-state index in [1.807, 2.05) is 4.90 Å². The maximum atomic E-state index is 11.7. The van der Waals surface area contributed by atoms with E-state index in [2.05, 4.69) is 20.0 Å². The van der Waals surface area contributed by atoms with E-state index in [0.717, 1.165) is 30.3 Å². The van der Waals surface area contributed by atoms with Crippen LogP contribution in [-0.4, -0.2) is 40.0 Å². The second kappa shape index (κ2) is 7.58. The van der Waals surface area contributed by atoms with Crippen LogP contribution in [0.1, 0.15) is 39.2 Å². The van der Waals surface area contributed by atoms with Gasteiger partial charge in [-0.1, -0.05) is 30.6 Å². The largest absolute Gasteiger partial charge is 0.475 e. The molecule has 1 amide bonds. The van der Waals surface area contributed by atoms with Crippen LogP contribution in [0.25, 0.3) is 21.2 Å². The average Bonchev–Trinajstić information content (AvgIpc) is 3.08. The van der Waals surface area contributed by atoms with Gasteiger partial charge in [0.05, 0.1) is 17.0 Å². The number of amides is 1. The highest BCUT2D eigenvalue weighted by molar-refractivity contribution is 6.30. The van der Waals surface area contributed by atoms with Gasteiger partial charge in [-0.2, -0.15) is 0 Å². The predicted octanol–water partition coefficient (Wildman–Crippen LogP) is 4.22. The zero-order chi connectivity index (χ0) is 19.6. The number of nitrogens with zero attached hydrogens (tertiary/aromatic N) is 6. The summed E-state index contributed by atoms with van der Waals surface area (Å²) in [5.41, 5.74) is 8.79. The third-order valence-electron chi connectivity index (χ3n) is 4.85. The summed E-state index contributed by atoms with van der Waals surface area (Å²) >= 11 is 6.08. The van der Waals surface area contributed by atoms with Crippen molar-refractivity contribution in [3.05, 3.63) is 39.6 Å². The Labute approximate surface area is 162 Å². The number of halogens is 1. The first-order chi connectivity index (χ1) is 12.8. The summed E-state index contributed by atoms with van der Waals surface area (Å²) in [6, 6.07) is 1.76. The Morgan fingerprint density at radius 1 is 1.44 bits per heavy atom. The van der Waals surface area contributed by atoms with Gasteiger partial charge in [0.1, 0.15) is 11.8 Å². The Hall–Kier alpha value is -2.57. The molecule has 1 aliphatic heterocycles. The lowest BCUT2D eigenvalue weighted by atomic mass is 9.93. The number of hydrogen-bond acceptors (Lipinski definition) is 5. The monoisotopic (exact) mass is 388 g/mol. The first-order valence-corrected chi connectivity index (χ1v) is 9.12. The van der Waals surface area contributed by atoms with Crippen molar-refractivity contribution in [1.82, 2.24) is 14.9 Å². The Bertz CT molecular complexity index is 925. The van der Waals surface area contributed by atoms with Crippen molar-refractivity contribution >= 4 is 28.3 Å². The SMILES string of the molecule is CC(=O)N1CCC[C@@H]1COc1ncc(C(C)(C)N=[N+]=[N-])c2cc(Cl)ncc12. The van der Waals surface area contributed by atoms with E-state index >= 15 is 0 Å². The Morgan fingerprint density at radius 3 is 2.93 bits per heavy atom. The van der Waals surface area contributed by atoms with E-state index < -0.39 is 5.54 Å². The Kier molecular flexibility index (Phi) is 5.39. The molecule has 1 aliphatic rings. The Morgan fingerprint density at radius 2 is 2.22 bits per heavy atom. The third-order valence-corrected chi connectivity index (χ3v) is 5.06. The molecule has 0 bridgehead atoms. The number of azide groups is 1. The van der Waals surface area contributed by atoms with Crippen molar-refractivity contribution in [3.63, 3.8) is 0 Å². The van der Waals surface area contributed by atoms with Crippen LogP contribution in [0.3, 0.4) is 0 Å². The normalized spacial score (nSPS) is 17.0. The first-order valence-electron chi connectivity index (χ1n) is 8.74. The summed E-state index contributed by atoms with van der Waals surface area (Å²) in [4.78, 5) is 25.0. The van der Waals surface area contributed by atoms with Crippen LogP contribution in [-0.2, 0) is 10.3 Å². The molecular formula is C18H21ClN6O2. The summed E-state index contributed by atoms with van der Waals surface area (Å²) < 4.78 is 5.96. The van der Waals surface area contributed by atoms with Gasteiger partial charge >= 0.3 is 0 Å². The zero-order valence-electron chi connectivity index (χ0n) is 15.5. The molecule has 0 radical (unpaired) electrons. The van der Waals surface area contributed by atoms with E-state index in [1.165, 1.54) is 0 Å². The fourth-order valence-corrected chi connectivity index (χ4v) is 3.61. The molecule has 0 aromatic carbocycles. The number of hydrogen-bond donors (Lipinski definition) is 0. The molecule has 1 atom stereocenters. The molecule has 3 rings (SSSR count).